The molecule has 0 aliphatic rings. The van der Waals surface area contributed by atoms with Crippen molar-refractivity contribution < 1.29 is 4.42 Å². The largest absolute Gasteiger partial charge is 0.436 e. The lowest BCUT2D eigenvalue weighted by molar-refractivity contribution is 0.617. The maximum atomic E-state index is 5.81. The van der Waals surface area contributed by atoms with Crippen molar-refractivity contribution in [2.24, 2.45) is 0 Å². The summed E-state index contributed by atoms with van der Waals surface area (Å²) in [6.07, 6.45) is 0. The fraction of sp³-hybridized carbons (Fsp3) is 0.0714. The molecule has 18 heavy (non-hydrogen) atoms. The summed E-state index contributed by atoms with van der Waals surface area (Å²) in [5, 5.41) is 0. The molecule has 3 rings (SSSR count). The van der Waals surface area contributed by atoms with Gasteiger partial charge in [-0.2, -0.15) is 0 Å². The van der Waals surface area contributed by atoms with E-state index in [2.05, 4.69) is 20.9 Å². The van der Waals surface area contributed by atoms with Crippen LogP contribution >= 0.6 is 15.9 Å². The van der Waals surface area contributed by atoms with Crippen LogP contribution in [0.4, 0.5) is 5.69 Å². The number of hydrogen-bond acceptors (Lipinski definition) is 3. The zero-order chi connectivity index (χ0) is 12.7. The molecule has 3 nitrogen and oxygen atoms in total. The fourth-order valence-electron chi connectivity index (χ4n) is 1.97. The number of hydrogen-bond donors (Lipinski definition) is 1. The molecular weight excluding hydrogens is 292 g/mol. The van der Waals surface area contributed by atoms with Crippen LogP contribution in [-0.2, 0) is 0 Å². The number of halogens is 1. The normalized spacial score (nSPS) is 11.0. The molecule has 1 aromatic heterocycles. The summed E-state index contributed by atoms with van der Waals surface area (Å²) in [5.41, 5.74) is 10.0. The van der Waals surface area contributed by atoms with Gasteiger partial charge in [0, 0.05) is 15.7 Å². The van der Waals surface area contributed by atoms with Crippen molar-refractivity contribution in [3.8, 4) is 11.5 Å². The lowest BCUT2D eigenvalue weighted by Crippen LogP contribution is -1.85. The van der Waals surface area contributed by atoms with Gasteiger partial charge in [-0.25, -0.2) is 4.98 Å². The summed E-state index contributed by atoms with van der Waals surface area (Å²) in [7, 11) is 0. The molecule has 2 N–H and O–H groups in total. The van der Waals surface area contributed by atoms with Crippen molar-refractivity contribution in [3.63, 3.8) is 0 Å². The van der Waals surface area contributed by atoms with Crippen molar-refractivity contribution in [2.75, 3.05) is 5.73 Å². The number of nitrogens with zero attached hydrogens (tertiary/aromatic N) is 1. The van der Waals surface area contributed by atoms with E-state index in [4.69, 9.17) is 10.2 Å². The number of oxazole rings is 1. The Morgan fingerprint density at radius 1 is 1.22 bits per heavy atom. The summed E-state index contributed by atoms with van der Waals surface area (Å²) in [5.74, 6) is 0.611. The molecule has 0 spiro atoms. The molecule has 0 unspecified atom stereocenters. The SMILES string of the molecule is Cc1cc(N)cc2nc(-c3cccc(Br)c3)oc12. The number of anilines is 1. The Morgan fingerprint density at radius 3 is 2.83 bits per heavy atom. The Hall–Kier alpha value is -1.81. The van der Waals surface area contributed by atoms with Gasteiger partial charge < -0.3 is 10.2 Å². The molecule has 1 heterocycles. The molecule has 3 aromatic rings. The summed E-state index contributed by atoms with van der Waals surface area (Å²) in [6, 6.07) is 11.6. The minimum atomic E-state index is 0.611. The van der Waals surface area contributed by atoms with E-state index < -0.39 is 0 Å². The molecule has 90 valence electrons. The fourth-order valence-corrected chi connectivity index (χ4v) is 2.37. The van der Waals surface area contributed by atoms with Crippen LogP contribution in [0.1, 0.15) is 5.56 Å². The number of aryl methyl sites for hydroxylation is 1. The van der Waals surface area contributed by atoms with Crippen molar-refractivity contribution in [3.05, 3.63) is 46.4 Å². The molecule has 0 aliphatic carbocycles. The third kappa shape index (κ3) is 1.88. The Bertz CT molecular complexity index is 734. The van der Waals surface area contributed by atoms with Gasteiger partial charge in [-0.1, -0.05) is 22.0 Å². The predicted octanol–water partition coefficient (Wildman–Crippen LogP) is 4.15. The summed E-state index contributed by atoms with van der Waals surface area (Å²) in [4.78, 5) is 4.48. The van der Waals surface area contributed by atoms with Crippen LogP contribution in [-0.4, -0.2) is 4.98 Å². The third-order valence-corrected chi connectivity index (χ3v) is 3.26. The Kier molecular flexibility index (Phi) is 2.59. The van der Waals surface area contributed by atoms with Gasteiger partial charge in [-0.3, -0.25) is 0 Å². The van der Waals surface area contributed by atoms with E-state index >= 15 is 0 Å². The summed E-state index contributed by atoms with van der Waals surface area (Å²) < 4.78 is 6.81. The number of nitrogens with two attached hydrogens (primary N) is 1. The van der Waals surface area contributed by atoms with Crippen LogP contribution in [0.15, 0.2) is 45.3 Å². The van der Waals surface area contributed by atoms with Crippen molar-refractivity contribution in [1.82, 2.24) is 4.98 Å². The highest BCUT2D eigenvalue weighted by atomic mass is 79.9. The highest BCUT2D eigenvalue weighted by Gasteiger charge is 2.10. The topological polar surface area (TPSA) is 52.0 Å². The van der Waals surface area contributed by atoms with Crippen LogP contribution in [0.25, 0.3) is 22.6 Å². The minimum Gasteiger partial charge on any atom is -0.436 e. The lowest BCUT2D eigenvalue weighted by atomic mass is 10.2. The predicted molar refractivity (Wildman–Crippen MR) is 76.3 cm³/mol. The van der Waals surface area contributed by atoms with Gasteiger partial charge in [-0.15, -0.1) is 0 Å². The number of rotatable bonds is 1. The maximum absolute atomic E-state index is 5.81. The highest BCUT2D eigenvalue weighted by molar-refractivity contribution is 9.10. The first kappa shape index (κ1) is 11.3. The molecule has 0 fully saturated rings. The average Bonchev–Trinajstić information content (AvgIpc) is 2.73. The maximum Gasteiger partial charge on any atom is 0.227 e. The van der Waals surface area contributed by atoms with Crippen molar-refractivity contribution in [2.45, 2.75) is 6.92 Å². The Labute approximate surface area is 113 Å². The van der Waals surface area contributed by atoms with Crippen LogP contribution in [0.2, 0.25) is 0 Å². The smallest absolute Gasteiger partial charge is 0.227 e. The van der Waals surface area contributed by atoms with E-state index in [0.29, 0.717) is 11.6 Å². The van der Waals surface area contributed by atoms with E-state index in [1.807, 2.05) is 43.3 Å². The molecular formula is C14H11BrN2O. The van der Waals surface area contributed by atoms with E-state index in [9.17, 15) is 0 Å². The lowest BCUT2D eigenvalue weighted by Gasteiger charge is -1.96. The monoisotopic (exact) mass is 302 g/mol. The van der Waals surface area contributed by atoms with Crippen molar-refractivity contribution >= 4 is 32.7 Å². The van der Waals surface area contributed by atoms with E-state index in [1.165, 1.54) is 0 Å². The molecule has 2 aromatic carbocycles. The van der Waals surface area contributed by atoms with E-state index in [1.54, 1.807) is 0 Å². The van der Waals surface area contributed by atoms with Gasteiger partial charge in [0.15, 0.2) is 5.58 Å². The third-order valence-electron chi connectivity index (χ3n) is 2.77. The second-order valence-electron chi connectivity index (χ2n) is 4.22. The van der Waals surface area contributed by atoms with Gasteiger partial charge in [0.2, 0.25) is 5.89 Å². The Balaban J connectivity index is 2.22. The molecule has 0 saturated carbocycles. The van der Waals surface area contributed by atoms with Gasteiger partial charge in [-0.05, 0) is 42.8 Å². The molecule has 0 radical (unpaired) electrons. The van der Waals surface area contributed by atoms with Crippen LogP contribution < -0.4 is 5.73 Å². The van der Waals surface area contributed by atoms with Gasteiger partial charge >= 0.3 is 0 Å². The minimum absolute atomic E-state index is 0.611. The first-order chi connectivity index (χ1) is 8.63. The second-order valence-corrected chi connectivity index (χ2v) is 5.13. The molecule has 0 amide bonds. The number of benzene rings is 2. The van der Waals surface area contributed by atoms with Crippen LogP contribution in [0.3, 0.4) is 0 Å². The highest BCUT2D eigenvalue weighted by Crippen LogP contribution is 2.29. The van der Waals surface area contributed by atoms with Crippen LogP contribution in [0, 0.1) is 6.92 Å². The standard InChI is InChI=1S/C14H11BrN2O/c1-8-5-11(16)7-12-13(8)18-14(17-12)9-3-2-4-10(15)6-9/h2-7H,16H2,1H3. The van der Waals surface area contributed by atoms with Crippen molar-refractivity contribution in [1.29, 1.82) is 0 Å². The molecule has 0 aliphatic heterocycles. The first-order valence-electron chi connectivity index (χ1n) is 5.56. The zero-order valence-corrected chi connectivity index (χ0v) is 11.4. The molecule has 0 atom stereocenters. The van der Waals surface area contributed by atoms with Crippen LogP contribution in [0.5, 0.6) is 0 Å². The zero-order valence-electron chi connectivity index (χ0n) is 9.77. The number of fused-ring (bicyclic) bond motifs is 1. The van der Waals surface area contributed by atoms with Gasteiger partial charge in [0.25, 0.3) is 0 Å². The molecule has 4 heteroatoms. The second kappa shape index (κ2) is 4.14. The number of nitrogen functional groups attached to an aromatic ring is 1. The summed E-state index contributed by atoms with van der Waals surface area (Å²) in [6.45, 7) is 1.97. The van der Waals surface area contributed by atoms with Gasteiger partial charge in [0.1, 0.15) is 5.52 Å². The van der Waals surface area contributed by atoms with E-state index in [-0.39, 0.29) is 0 Å². The average molecular weight is 303 g/mol. The molecule has 0 bridgehead atoms. The quantitative estimate of drug-likeness (QED) is 0.687. The van der Waals surface area contributed by atoms with Gasteiger partial charge in [0.05, 0.1) is 0 Å². The molecule has 0 saturated heterocycles. The Morgan fingerprint density at radius 2 is 2.06 bits per heavy atom. The van der Waals surface area contributed by atoms with E-state index in [0.717, 1.165) is 26.7 Å². The number of aromatic nitrogens is 1. The summed E-state index contributed by atoms with van der Waals surface area (Å²) >= 11 is 3.44. The first-order valence-corrected chi connectivity index (χ1v) is 6.35.